The first-order valence-electron chi connectivity index (χ1n) is 13.2. The molecule has 10 heteroatoms. The van der Waals surface area contributed by atoms with Crippen LogP contribution in [0.5, 0.6) is 0 Å². The highest BCUT2D eigenvalue weighted by Crippen LogP contribution is 2.29. The summed E-state index contributed by atoms with van der Waals surface area (Å²) in [5, 5.41) is 6.81. The number of nitrogens with zero attached hydrogens (tertiary/aromatic N) is 3. The molecule has 200 valence electrons. The molecule has 1 aromatic carbocycles. The van der Waals surface area contributed by atoms with Gasteiger partial charge in [0.2, 0.25) is 5.91 Å². The van der Waals surface area contributed by atoms with Crippen molar-refractivity contribution in [2.45, 2.75) is 50.6 Å². The zero-order valence-corrected chi connectivity index (χ0v) is 21.1. The van der Waals surface area contributed by atoms with Crippen LogP contribution in [0.2, 0.25) is 0 Å². The Balaban J connectivity index is 1.29. The van der Waals surface area contributed by atoms with E-state index in [9.17, 15) is 18.4 Å². The Kier molecular flexibility index (Phi) is 7.85. The Morgan fingerprint density at radius 2 is 1.92 bits per heavy atom. The van der Waals surface area contributed by atoms with Gasteiger partial charge >= 0.3 is 0 Å². The summed E-state index contributed by atoms with van der Waals surface area (Å²) in [7, 11) is 1.82. The molecule has 3 fully saturated rings. The van der Waals surface area contributed by atoms with Crippen LogP contribution in [0.25, 0.3) is 11.3 Å². The molecule has 0 radical (unpaired) electrons. The lowest BCUT2D eigenvalue weighted by Gasteiger charge is -2.44. The van der Waals surface area contributed by atoms with Crippen LogP contribution in [0.4, 0.5) is 8.78 Å². The highest BCUT2D eigenvalue weighted by molar-refractivity contribution is 5.94. The summed E-state index contributed by atoms with van der Waals surface area (Å²) in [4.78, 5) is 30.9. The summed E-state index contributed by atoms with van der Waals surface area (Å²) >= 11 is 0. The molecule has 0 bridgehead atoms. The topological polar surface area (TPSA) is 87.9 Å². The quantitative estimate of drug-likeness (QED) is 0.607. The molecular weight excluding hydrogens is 482 g/mol. The smallest absolute Gasteiger partial charge is 0.273 e. The third kappa shape index (κ3) is 5.85. The SMILES string of the molecule is CN(CC1COC1)C(=O)C1CN(C2CCCCC2)CCC1NC(=O)c1cc(-c2ccc(F)cc2F)on1. The first-order chi connectivity index (χ1) is 17.9. The Bertz CT molecular complexity index is 1120. The first kappa shape index (κ1) is 25.8. The van der Waals surface area contributed by atoms with E-state index in [1.165, 1.54) is 31.4 Å². The number of likely N-dealkylation sites (tertiary alicyclic amines) is 1. The van der Waals surface area contributed by atoms with E-state index in [0.717, 1.165) is 31.5 Å². The van der Waals surface area contributed by atoms with Gasteiger partial charge in [0.15, 0.2) is 11.5 Å². The number of hydrogen-bond acceptors (Lipinski definition) is 6. The van der Waals surface area contributed by atoms with Crippen molar-refractivity contribution in [3.8, 4) is 11.3 Å². The molecule has 1 N–H and O–H groups in total. The molecule has 5 rings (SSSR count). The number of benzene rings is 1. The fourth-order valence-corrected chi connectivity index (χ4v) is 5.77. The lowest BCUT2D eigenvalue weighted by Crippen LogP contribution is -2.58. The Morgan fingerprint density at radius 1 is 1.14 bits per heavy atom. The predicted octanol–water partition coefficient (Wildman–Crippen LogP) is 3.48. The Morgan fingerprint density at radius 3 is 2.62 bits per heavy atom. The van der Waals surface area contributed by atoms with Gasteiger partial charge in [0, 0.05) is 56.8 Å². The standard InChI is InChI=1S/C27H34F2N4O4/c1-32(13-17-15-36-16-17)27(35)21-14-33(19-5-3-2-4-6-19)10-9-23(21)30-26(34)24-12-25(37-31-24)20-8-7-18(28)11-22(20)29/h7-8,11-12,17,19,21,23H,2-6,9-10,13-16H2,1H3,(H,30,34). The van der Waals surface area contributed by atoms with Gasteiger partial charge in [-0.25, -0.2) is 8.78 Å². The fraction of sp³-hybridized carbons (Fsp3) is 0.593. The number of aromatic nitrogens is 1. The largest absolute Gasteiger partial charge is 0.381 e. The minimum Gasteiger partial charge on any atom is -0.381 e. The van der Waals surface area contributed by atoms with Crippen molar-refractivity contribution in [3.63, 3.8) is 0 Å². The van der Waals surface area contributed by atoms with Gasteiger partial charge in [-0.3, -0.25) is 14.5 Å². The number of piperidine rings is 1. The van der Waals surface area contributed by atoms with E-state index in [4.69, 9.17) is 9.26 Å². The molecule has 2 aliphatic heterocycles. The molecule has 37 heavy (non-hydrogen) atoms. The van der Waals surface area contributed by atoms with Gasteiger partial charge in [0.25, 0.3) is 5.91 Å². The summed E-state index contributed by atoms with van der Waals surface area (Å²) in [6, 6.07) is 4.56. The van der Waals surface area contributed by atoms with Gasteiger partial charge in [-0.05, 0) is 31.4 Å². The van der Waals surface area contributed by atoms with Crippen molar-refractivity contribution in [1.82, 2.24) is 20.3 Å². The highest BCUT2D eigenvalue weighted by Gasteiger charge is 2.40. The second-order valence-electron chi connectivity index (χ2n) is 10.6. The Hall–Kier alpha value is -2.85. The second kappa shape index (κ2) is 11.3. The van der Waals surface area contributed by atoms with Crippen molar-refractivity contribution in [2.24, 2.45) is 11.8 Å². The van der Waals surface area contributed by atoms with E-state index < -0.39 is 17.5 Å². The summed E-state index contributed by atoms with van der Waals surface area (Å²) in [5.74, 6) is -1.97. The highest BCUT2D eigenvalue weighted by atomic mass is 19.1. The van der Waals surface area contributed by atoms with E-state index in [0.29, 0.717) is 44.7 Å². The maximum absolute atomic E-state index is 14.2. The summed E-state index contributed by atoms with van der Waals surface area (Å²) < 4.78 is 37.9. The summed E-state index contributed by atoms with van der Waals surface area (Å²) in [6.07, 6.45) is 6.63. The molecule has 1 saturated carbocycles. The molecule has 3 heterocycles. The van der Waals surface area contributed by atoms with Crippen molar-refractivity contribution in [1.29, 1.82) is 0 Å². The van der Waals surface area contributed by atoms with Crippen LogP contribution >= 0.6 is 0 Å². The maximum atomic E-state index is 14.2. The molecule has 0 spiro atoms. The number of nitrogens with one attached hydrogen (secondary N) is 1. The van der Waals surface area contributed by atoms with E-state index >= 15 is 0 Å². The van der Waals surface area contributed by atoms with Gasteiger partial charge in [0.05, 0.1) is 24.7 Å². The lowest BCUT2D eigenvalue weighted by atomic mass is 9.86. The fourth-order valence-electron chi connectivity index (χ4n) is 5.77. The van der Waals surface area contributed by atoms with Crippen LogP contribution in [0, 0.1) is 23.5 Å². The Labute approximate surface area is 215 Å². The number of carbonyl (C=O) groups is 2. The molecule has 2 aromatic rings. The molecule has 2 unspecified atom stereocenters. The second-order valence-corrected chi connectivity index (χ2v) is 10.6. The first-order valence-corrected chi connectivity index (χ1v) is 13.2. The minimum atomic E-state index is -0.802. The molecule has 8 nitrogen and oxygen atoms in total. The van der Waals surface area contributed by atoms with Crippen molar-refractivity contribution in [2.75, 3.05) is 39.9 Å². The van der Waals surface area contributed by atoms with Gasteiger partial charge in [0.1, 0.15) is 11.6 Å². The number of ether oxygens (including phenoxy) is 1. The molecule has 2 amide bonds. The molecule has 1 aliphatic carbocycles. The summed E-state index contributed by atoms with van der Waals surface area (Å²) in [5.41, 5.74) is 0.00278. The van der Waals surface area contributed by atoms with Crippen LogP contribution in [-0.2, 0) is 9.53 Å². The zero-order valence-electron chi connectivity index (χ0n) is 21.1. The van der Waals surface area contributed by atoms with Crippen molar-refractivity contribution >= 4 is 11.8 Å². The maximum Gasteiger partial charge on any atom is 0.273 e. The third-order valence-corrected chi connectivity index (χ3v) is 7.92. The zero-order chi connectivity index (χ0) is 25.9. The molecule has 2 atom stereocenters. The number of amides is 2. The molecular formula is C27H34F2N4O4. The predicted molar refractivity (Wildman–Crippen MR) is 132 cm³/mol. The van der Waals surface area contributed by atoms with Gasteiger partial charge in [-0.2, -0.15) is 0 Å². The number of hydrogen-bond donors (Lipinski definition) is 1. The van der Waals surface area contributed by atoms with E-state index in [1.807, 2.05) is 7.05 Å². The van der Waals surface area contributed by atoms with E-state index in [-0.39, 0.29) is 34.9 Å². The van der Waals surface area contributed by atoms with Gasteiger partial charge < -0.3 is 19.5 Å². The van der Waals surface area contributed by atoms with Crippen molar-refractivity contribution < 1.29 is 27.6 Å². The van der Waals surface area contributed by atoms with Crippen LogP contribution in [0.15, 0.2) is 28.8 Å². The number of halogens is 2. The molecule has 1 aromatic heterocycles. The van der Waals surface area contributed by atoms with Gasteiger partial charge in [-0.15, -0.1) is 0 Å². The lowest BCUT2D eigenvalue weighted by molar-refractivity contribution is -0.140. The molecule has 3 aliphatic rings. The summed E-state index contributed by atoms with van der Waals surface area (Å²) in [6.45, 7) is 3.38. The average Bonchev–Trinajstić information content (AvgIpc) is 3.36. The van der Waals surface area contributed by atoms with Crippen LogP contribution in [-0.4, -0.2) is 78.8 Å². The number of rotatable bonds is 7. The monoisotopic (exact) mass is 516 g/mol. The van der Waals surface area contributed by atoms with Crippen molar-refractivity contribution in [3.05, 3.63) is 41.6 Å². The van der Waals surface area contributed by atoms with Crippen LogP contribution in [0.3, 0.4) is 0 Å². The third-order valence-electron chi connectivity index (χ3n) is 7.92. The van der Waals surface area contributed by atoms with E-state index in [2.05, 4.69) is 15.4 Å². The van der Waals surface area contributed by atoms with Crippen LogP contribution < -0.4 is 5.32 Å². The normalized spacial score (nSPS) is 23.4. The molecule has 2 saturated heterocycles. The number of carbonyl (C=O) groups excluding carboxylic acids is 2. The van der Waals surface area contributed by atoms with Gasteiger partial charge in [-0.1, -0.05) is 24.4 Å². The average molecular weight is 517 g/mol. The minimum absolute atomic E-state index is 0.0143. The van der Waals surface area contributed by atoms with Crippen LogP contribution in [0.1, 0.15) is 49.0 Å². The van der Waals surface area contributed by atoms with E-state index in [1.54, 1.807) is 4.90 Å².